The summed E-state index contributed by atoms with van der Waals surface area (Å²) in [5, 5.41) is 0. The van der Waals surface area contributed by atoms with E-state index in [4.69, 9.17) is 0 Å². The van der Waals surface area contributed by atoms with Crippen LogP contribution in [0.4, 0.5) is 0 Å². The van der Waals surface area contributed by atoms with Crippen LogP contribution in [0.1, 0.15) is 24.8 Å². The molecular formula is C12H16N2. The first-order chi connectivity index (χ1) is 6.88. The van der Waals surface area contributed by atoms with Crippen LogP contribution in [0.25, 0.3) is 5.70 Å². The summed E-state index contributed by atoms with van der Waals surface area (Å²) in [7, 11) is 0. The topological polar surface area (TPSA) is 16.1 Å². The highest BCUT2D eigenvalue weighted by atomic mass is 15.1. The summed E-state index contributed by atoms with van der Waals surface area (Å²) < 4.78 is 0. The van der Waals surface area contributed by atoms with Crippen molar-refractivity contribution in [1.29, 1.82) is 0 Å². The first-order valence-corrected chi connectivity index (χ1v) is 5.22. The molecule has 74 valence electrons. The number of likely N-dealkylation sites (tertiary alicyclic amines) is 1. The van der Waals surface area contributed by atoms with Crippen LogP contribution >= 0.6 is 0 Å². The quantitative estimate of drug-likeness (QED) is 0.709. The van der Waals surface area contributed by atoms with Crippen LogP contribution in [0.3, 0.4) is 0 Å². The molecule has 0 radical (unpaired) electrons. The van der Waals surface area contributed by atoms with Crippen LogP contribution in [0.15, 0.2) is 31.1 Å². The second kappa shape index (κ2) is 4.27. The van der Waals surface area contributed by atoms with Gasteiger partial charge in [0, 0.05) is 36.7 Å². The predicted octanol–water partition coefficient (Wildman–Crippen LogP) is 2.54. The van der Waals surface area contributed by atoms with Crippen molar-refractivity contribution >= 4 is 5.70 Å². The molecule has 1 aliphatic heterocycles. The maximum Gasteiger partial charge on any atom is 0.0367 e. The average Bonchev–Trinajstić information content (AvgIpc) is 2.30. The number of hydrogen-bond acceptors (Lipinski definition) is 2. The van der Waals surface area contributed by atoms with E-state index >= 15 is 0 Å². The Kier molecular flexibility index (Phi) is 2.82. The van der Waals surface area contributed by atoms with Crippen LogP contribution in [0.2, 0.25) is 0 Å². The molecule has 0 spiro atoms. The maximum absolute atomic E-state index is 4.15. The lowest BCUT2D eigenvalue weighted by Gasteiger charge is -2.30. The van der Waals surface area contributed by atoms with E-state index in [2.05, 4.69) is 16.5 Å². The molecule has 0 amide bonds. The van der Waals surface area contributed by atoms with E-state index in [-0.39, 0.29) is 0 Å². The Balaban J connectivity index is 2.07. The maximum atomic E-state index is 4.15. The van der Waals surface area contributed by atoms with Crippen LogP contribution < -0.4 is 0 Å². The third kappa shape index (κ3) is 1.95. The summed E-state index contributed by atoms with van der Waals surface area (Å²) in [6, 6.07) is 4.05. The monoisotopic (exact) mass is 188 g/mol. The number of hydrogen-bond donors (Lipinski definition) is 0. The van der Waals surface area contributed by atoms with Crippen LogP contribution in [-0.4, -0.2) is 23.0 Å². The van der Waals surface area contributed by atoms with Crippen molar-refractivity contribution in [1.82, 2.24) is 9.88 Å². The standard InChI is InChI=1S/C12H16N2/c1-11(12-5-7-13-8-6-12)14-9-3-2-4-10-14/h5-8H,1-4,9-10H2. The summed E-state index contributed by atoms with van der Waals surface area (Å²) in [6.45, 7) is 6.45. The zero-order chi connectivity index (χ0) is 9.80. The largest absolute Gasteiger partial charge is 0.372 e. The number of pyridine rings is 1. The molecule has 0 bridgehead atoms. The molecule has 0 saturated carbocycles. The van der Waals surface area contributed by atoms with Crippen molar-refractivity contribution in [2.75, 3.05) is 13.1 Å². The van der Waals surface area contributed by atoms with Gasteiger partial charge in [-0.15, -0.1) is 0 Å². The fourth-order valence-corrected chi connectivity index (χ4v) is 1.89. The highest BCUT2D eigenvalue weighted by molar-refractivity contribution is 5.61. The van der Waals surface area contributed by atoms with Crippen molar-refractivity contribution in [3.8, 4) is 0 Å². The molecule has 1 aromatic heterocycles. The zero-order valence-corrected chi connectivity index (χ0v) is 8.45. The summed E-state index contributed by atoms with van der Waals surface area (Å²) in [5.74, 6) is 0. The van der Waals surface area contributed by atoms with Gasteiger partial charge in [0.05, 0.1) is 0 Å². The van der Waals surface area contributed by atoms with Crippen molar-refractivity contribution in [3.63, 3.8) is 0 Å². The molecule has 14 heavy (non-hydrogen) atoms. The second-order valence-electron chi connectivity index (χ2n) is 3.73. The summed E-state index contributed by atoms with van der Waals surface area (Å²) >= 11 is 0. The lowest BCUT2D eigenvalue weighted by atomic mass is 10.1. The molecule has 0 N–H and O–H groups in total. The summed E-state index contributed by atoms with van der Waals surface area (Å²) in [4.78, 5) is 6.39. The van der Waals surface area contributed by atoms with E-state index in [0.29, 0.717) is 0 Å². The first-order valence-electron chi connectivity index (χ1n) is 5.22. The van der Waals surface area contributed by atoms with Crippen molar-refractivity contribution in [3.05, 3.63) is 36.7 Å². The second-order valence-corrected chi connectivity index (χ2v) is 3.73. The van der Waals surface area contributed by atoms with Crippen LogP contribution in [0, 0.1) is 0 Å². The minimum atomic E-state index is 1.15. The Morgan fingerprint density at radius 2 is 1.79 bits per heavy atom. The Morgan fingerprint density at radius 3 is 2.43 bits per heavy atom. The van der Waals surface area contributed by atoms with E-state index in [0.717, 1.165) is 18.8 Å². The van der Waals surface area contributed by atoms with Gasteiger partial charge in [-0.2, -0.15) is 0 Å². The van der Waals surface area contributed by atoms with E-state index in [1.807, 2.05) is 24.5 Å². The first kappa shape index (κ1) is 9.25. The molecule has 1 saturated heterocycles. The van der Waals surface area contributed by atoms with Gasteiger partial charge in [0.15, 0.2) is 0 Å². The Bertz CT molecular complexity index is 299. The number of nitrogens with zero attached hydrogens (tertiary/aromatic N) is 2. The van der Waals surface area contributed by atoms with E-state index in [1.54, 1.807) is 0 Å². The lowest BCUT2D eigenvalue weighted by Crippen LogP contribution is -2.27. The Morgan fingerprint density at radius 1 is 1.14 bits per heavy atom. The van der Waals surface area contributed by atoms with Gasteiger partial charge < -0.3 is 4.90 Å². The molecule has 1 aliphatic rings. The minimum absolute atomic E-state index is 1.15. The van der Waals surface area contributed by atoms with Gasteiger partial charge in [-0.3, -0.25) is 4.98 Å². The molecule has 0 unspecified atom stereocenters. The smallest absolute Gasteiger partial charge is 0.0367 e. The van der Waals surface area contributed by atoms with Crippen molar-refractivity contribution in [2.45, 2.75) is 19.3 Å². The fourth-order valence-electron chi connectivity index (χ4n) is 1.89. The third-order valence-electron chi connectivity index (χ3n) is 2.75. The highest BCUT2D eigenvalue weighted by Gasteiger charge is 2.12. The molecule has 0 atom stereocenters. The van der Waals surface area contributed by atoms with E-state index < -0.39 is 0 Å². The molecule has 0 aliphatic carbocycles. The SMILES string of the molecule is C=C(c1ccncc1)N1CCCCC1. The summed E-state index contributed by atoms with van der Waals surface area (Å²) in [5.41, 5.74) is 2.34. The average molecular weight is 188 g/mol. The van der Waals surface area contributed by atoms with Gasteiger partial charge in [-0.1, -0.05) is 6.58 Å². The summed E-state index contributed by atoms with van der Waals surface area (Å²) in [6.07, 6.45) is 7.60. The molecule has 2 heteroatoms. The molecule has 2 rings (SSSR count). The predicted molar refractivity (Wildman–Crippen MR) is 58.7 cm³/mol. The minimum Gasteiger partial charge on any atom is -0.372 e. The normalized spacial score (nSPS) is 16.7. The molecule has 2 heterocycles. The van der Waals surface area contributed by atoms with Crippen molar-refractivity contribution < 1.29 is 0 Å². The van der Waals surface area contributed by atoms with Crippen LogP contribution in [0.5, 0.6) is 0 Å². The third-order valence-corrected chi connectivity index (χ3v) is 2.75. The van der Waals surface area contributed by atoms with Gasteiger partial charge in [0.1, 0.15) is 0 Å². The number of rotatable bonds is 2. The molecule has 1 fully saturated rings. The molecule has 1 aromatic rings. The van der Waals surface area contributed by atoms with Gasteiger partial charge in [-0.05, 0) is 31.4 Å². The van der Waals surface area contributed by atoms with E-state index in [9.17, 15) is 0 Å². The number of piperidine rings is 1. The van der Waals surface area contributed by atoms with Gasteiger partial charge in [0.2, 0.25) is 0 Å². The lowest BCUT2D eigenvalue weighted by molar-refractivity contribution is 0.326. The fraction of sp³-hybridized carbons (Fsp3) is 0.417. The van der Waals surface area contributed by atoms with Gasteiger partial charge in [0.25, 0.3) is 0 Å². The molecule has 2 nitrogen and oxygen atoms in total. The van der Waals surface area contributed by atoms with Crippen LogP contribution in [-0.2, 0) is 0 Å². The zero-order valence-electron chi connectivity index (χ0n) is 8.45. The molecular weight excluding hydrogens is 172 g/mol. The van der Waals surface area contributed by atoms with Gasteiger partial charge >= 0.3 is 0 Å². The number of aromatic nitrogens is 1. The van der Waals surface area contributed by atoms with Gasteiger partial charge in [-0.25, -0.2) is 0 Å². The highest BCUT2D eigenvalue weighted by Crippen LogP contribution is 2.20. The Hall–Kier alpha value is -1.31. The van der Waals surface area contributed by atoms with Crippen molar-refractivity contribution in [2.24, 2.45) is 0 Å². The Labute approximate surface area is 85.3 Å². The molecule has 0 aromatic carbocycles. The van der Waals surface area contributed by atoms with E-state index in [1.165, 1.54) is 24.8 Å².